The molecule has 3 heterocycles. The molecule has 0 spiro atoms. The van der Waals surface area contributed by atoms with Crippen LogP contribution in [0.4, 0.5) is 10.1 Å². The fourth-order valence-corrected chi connectivity index (χ4v) is 4.45. The standard InChI is InChI=1S/C23H25FN4O2/c1-30-23(29)18-14-19(27-12-3-2-4-13-27)20-21(15-6-5-7-15)26-28(22(20)25-18)17-10-8-16(24)9-11-17/h8-11,14-15H,2-7,12-13H2,1H3. The van der Waals surface area contributed by atoms with E-state index < -0.39 is 5.97 Å². The molecule has 2 aromatic heterocycles. The molecule has 2 fully saturated rings. The summed E-state index contributed by atoms with van der Waals surface area (Å²) in [6.45, 7) is 1.90. The Morgan fingerprint density at radius 3 is 2.47 bits per heavy atom. The zero-order valence-corrected chi connectivity index (χ0v) is 17.1. The molecule has 1 aliphatic heterocycles. The number of fused-ring (bicyclic) bond motifs is 1. The van der Waals surface area contributed by atoms with Crippen molar-refractivity contribution in [3.05, 3.63) is 47.5 Å². The molecule has 1 aromatic carbocycles. The van der Waals surface area contributed by atoms with Crippen molar-refractivity contribution in [1.29, 1.82) is 0 Å². The van der Waals surface area contributed by atoms with Gasteiger partial charge in [-0.25, -0.2) is 18.9 Å². The van der Waals surface area contributed by atoms with Gasteiger partial charge in [0.1, 0.15) is 5.82 Å². The number of benzene rings is 1. The first kappa shape index (κ1) is 19.0. The fraction of sp³-hybridized carbons (Fsp3) is 0.435. The summed E-state index contributed by atoms with van der Waals surface area (Å²) >= 11 is 0. The second-order valence-corrected chi connectivity index (χ2v) is 8.17. The average Bonchev–Trinajstić information content (AvgIpc) is 3.11. The van der Waals surface area contributed by atoms with Crippen LogP contribution in [0.2, 0.25) is 0 Å². The lowest BCUT2D eigenvalue weighted by Gasteiger charge is -2.31. The van der Waals surface area contributed by atoms with Gasteiger partial charge in [-0.1, -0.05) is 6.42 Å². The number of rotatable bonds is 4. The van der Waals surface area contributed by atoms with Crippen molar-refractivity contribution >= 4 is 22.7 Å². The molecule has 1 aliphatic carbocycles. The van der Waals surface area contributed by atoms with Crippen LogP contribution in [0, 0.1) is 5.82 Å². The molecule has 1 saturated heterocycles. The maximum atomic E-state index is 13.5. The van der Waals surface area contributed by atoms with E-state index in [9.17, 15) is 9.18 Å². The minimum Gasteiger partial charge on any atom is -0.464 e. The molecule has 6 nitrogen and oxygen atoms in total. The Morgan fingerprint density at radius 1 is 1.10 bits per heavy atom. The van der Waals surface area contributed by atoms with Gasteiger partial charge in [0.2, 0.25) is 0 Å². The molecule has 0 bridgehead atoms. The smallest absolute Gasteiger partial charge is 0.356 e. The summed E-state index contributed by atoms with van der Waals surface area (Å²) in [5.41, 5.74) is 3.67. The van der Waals surface area contributed by atoms with Crippen LogP contribution in [-0.4, -0.2) is 40.9 Å². The van der Waals surface area contributed by atoms with E-state index in [-0.39, 0.29) is 11.5 Å². The van der Waals surface area contributed by atoms with Crippen LogP contribution in [0.25, 0.3) is 16.7 Å². The number of nitrogens with zero attached hydrogens (tertiary/aromatic N) is 4. The third-order valence-corrected chi connectivity index (χ3v) is 6.30. The van der Waals surface area contributed by atoms with Crippen molar-refractivity contribution in [1.82, 2.24) is 14.8 Å². The third kappa shape index (κ3) is 3.22. The molecule has 0 radical (unpaired) electrons. The highest BCUT2D eigenvalue weighted by molar-refractivity contribution is 5.99. The SMILES string of the molecule is COC(=O)c1cc(N2CCCCC2)c2c(C3CCC3)nn(-c3ccc(F)cc3)c2n1. The molecule has 5 rings (SSSR count). The van der Waals surface area contributed by atoms with Crippen LogP contribution in [-0.2, 0) is 4.74 Å². The summed E-state index contributed by atoms with van der Waals surface area (Å²) in [4.78, 5) is 19.4. The van der Waals surface area contributed by atoms with Gasteiger partial charge in [0.05, 0.1) is 29.6 Å². The molecule has 0 amide bonds. The molecule has 7 heteroatoms. The number of aromatic nitrogens is 3. The first-order chi connectivity index (χ1) is 14.7. The van der Waals surface area contributed by atoms with Crippen molar-refractivity contribution in [3.8, 4) is 5.69 Å². The summed E-state index contributed by atoms with van der Waals surface area (Å²) < 4.78 is 20.3. The highest BCUT2D eigenvalue weighted by Gasteiger charge is 2.30. The number of halogens is 1. The lowest BCUT2D eigenvalue weighted by atomic mass is 9.82. The van der Waals surface area contributed by atoms with Gasteiger partial charge >= 0.3 is 5.97 Å². The van der Waals surface area contributed by atoms with Gasteiger partial charge in [-0.05, 0) is 62.4 Å². The predicted octanol–water partition coefficient (Wildman–Crippen LogP) is 4.60. The summed E-state index contributed by atoms with van der Waals surface area (Å²) in [6.07, 6.45) is 6.88. The van der Waals surface area contributed by atoms with Gasteiger partial charge < -0.3 is 9.64 Å². The second kappa shape index (κ2) is 7.70. The number of carbonyl (C=O) groups is 1. The van der Waals surface area contributed by atoms with E-state index in [2.05, 4.69) is 9.88 Å². The Bertz CT molecular complexity index is 1080. The van der Waals surface area contributed by atoms with Crippen LogP contribution in [0.15, 0.2) is 30.3 Å². The highest BCUT2D eigenvalue weighted by Crippen LogP contribution is 2.43. The molecule has 0 atom stereocenters. The topological polar surface area (TPSA) is 60.2 Å². The first-order valence-electron chi connectivity index (χ1n) is 10.7. The minimum absolute atomic E-state index is 0.272. The van der Waals surface area contributed by atoms with Crippen LogP contribution >= 0.6 is 0 Å². The number of pyridine rings is 1. The van der Waals surface area contributed by atoms with Crippen LogP contribution in [0.5, 0.6) is 0 Å². The van der Waals surface area contributed by atoms with E-state index in [1.807, 2.05) is 6.07 Å². The number of ether oxygens (including phenoxy) is 1. The van der Waals surface area contributed by atoms with Gasteiger partial charge in [0, 0.05) is 19.0 Å². The molecule has 2 aliphatic rings. The van der Waals surface area contributed by atoms with Crippen molar-refractivity contribution in [2.24, 2.45) is 0 Å². The minimum atomic E-state index is -0.466. The van der Waals surface area contributed by atoms with E-state index in [4.69, 9.17) is 9.84 Å². The summed E-state index contributed by atoms with van der Waals surface area (Å²) in [5.74, 6) is -0.373. The summed E-state index contributed by atoms with van der Waals surface area (Å²) in [7, 11) is 1.37. The lowest BCUT2D eigenvalue weighted by Crippen LogP contribution is -2.30. The van der Waals surface area contributed by atoms with Crippen molar-refractivity contribution in [2.75, 3.05) is 25.1 Å². The van der Waals surface area contributed by atoms with E-state index in [1.165, 1.54) is 32.1 Å². The normalized spacial score (nSPS) is 17.2. The van der Waals surface area contributed by atoms with Gasteiger partial charge in [-0.15, -0.1) is 0 Å². The quantitative estimate of drug-likeness (QED) is 0.590. The molecule has 3 aromatic rings. The van der Waals surface area contributed by atoms with Crippen LogP contribution < -0.4 is 4.90 Å². The number of hydrogen-bond donors (Lipinski definition) is 0. The number of hydrogen-bond acceptors (Lipinski definition) is 5. The Morgan fingerprint density at radius 2 is 1.83 bits per heavy atom. The zero-order valence-electron chi connectivity index (χ0n) is 17.1. The Kier molecular flexibility index (Phi) is 4.89. The van der Waals surface area contributed by atoms with Crippen molar-refractivity contribution in [2.45, 2.75) is 44.4 Å². The highest BCUT2D eigenvalue weighted by atomic mass is 19.1. The molecule has 156 valence electrons. The number of piperidine rings is 1. The Balaban J connectivity index is 1.77. The van der Waals surface area contributed by atoms with E-state index in [1.54, 1.807) is 16.8 Å². The van der Waals surface area contributed by atoms with Gasteiger partial charge in [0.25, 0.3) is 0 Å². The monoisotopic (exact) mass is 408 g/mol. The number of carbonyl (C=O) groups excluding carboxylic acids is 1. The van der Waals surface area contributed by atoms with Crippen molar-refractivity contribution in [3.63, 3.8) is 0 Å². The molecule has 1 saturated carbocycles. The number of esters is 1. The van der Waals surface area contributed by atoms with E-state index >= 15 is 0 Å². The van der Waals surface area contributed by atoms with Crippen LogP contribution in [0.1, 0.15) is 60.6 Å². The number of anilines is 1. The Hall–Kier alpha value is -2.96. The molecule has 0 N–H and O–H groups in total. The maximum Gasteiger partial charge on any atom is 0.356 e. The van der Waals surface area contributed by atoms with E-state index in [0.29, 0.717) is 11.6 Å². The zero-order chi connectivity index (χ0) is 20.7. The summed E-state index contributed by atoms with van der Waals surface area (Å²) in [5, 5.41) is 5.96. The molecular formula is C23H25FN4O2. The Labute approximate surface area is 174 Å². The predicted molar refractivity (Wildman–Crippen MR) is 113 cm³/mol. The fourth-order valence-electron chi connectivity index (χ4n) is 4.45. The van der Waals surface area contributed by atoms with Crippen LogP contribution in [0.3, 0.4) is 0 Å². The molecular weight excluding hydrogens is 383 g/mol. The second-order valence-electron chi connectivity index (χ2n) is 8.17. The average molecular weight is 408 g/mol. The molecule has 0 unspecified atom stereocenters. The summed E-state index contributed by atoms with van der Waals surface area (Å²) in [6, 6.07) is 8.08. The number of methoxy groups -OCH3 is 1. The van der Waals surface area contributed by atoms with Gasteiger partial charge in [-0.2, -0.15) is 5.10 Å². The molecule has 30 heavy (non-hydrogen) atoms. The lowest BCUT2D eigenvalue weighted by molar-refractivity contribution is 0.0594. The maximum absolute atomic E-state index is 13.5. The third-order valence-electron chi connectivity index (χ3n) is 6.30. The van der Waals surface area contributed by atoms with Gasteiger partial charge in [0.15, 0.2) is 11.3 Å². The first-order valence-corrected chi connectivity index (χ1v) is 10.7. The van der Waals surface area contributed by atoms with E-state index in [0.717, 1.165) is 61.2 Å². The van der Waals surface area contributed by atoms with Gasteiger partial charge in [-0.3, -0.25) is 0 Å². The largest absolute Gasteiger partial charge is 0.464 e. The van der Waals surface area contributed by atoms with Crippen molar-refractivity contribution < 1.29 is 13.9 Å².